The Bertz CT molecular complexity index is 1170. The summed E-state index contributed by atoms with van der Waals surface area (Å²) in [6.45, 7) is 4.32. The maximum absolute atomic E-state index is 11.2. The number of H-pyrrole nitrogens is 2. The first-order chi connectivity index (χ1) is 13.1. The van der Waals surface area contributed by atoms with Crippen LogP contribution in [0.2, 0.25) is 0 Å². The van der Waals surface area contributed by atoms with E-state index < -0.39 is 0 Å². The third-order valence-electron chi connectivity index (χ3n) is 5.41. The van der Waals surface area contributed by atoms with Crippen LogP contribution in [0.3, 0.4) is 0 Å². The molecule has 0 saturated carbocycles. The number of hydrogen-bond donors (Lipinski definition) is 2. The van der Waals surface area contributed by atoms with Crippen LogP contribution in [0, 0.1) is 13.8 Å². The van der Waals surface area contributed by atoms with E-state index in [0.717, 1.165) is 52.3 Å². The van der Waals surface area contributed by atoms with E-state index in [1.165, 1.54) is 32.0 Å². The predicted molar refractivity (Wildman–Crippen MR) is 113 cm³/mol. The summed E-state index contributed by atoms with van der Waals surface area (Å²) in [5.74, 6) is 0. The molecule has 0 aromatic carbocycles. The Morgan fingerprint density at radius 1 is 0.815 bits per heavy atom. The van der Waals surface area contributed by atoms with Crippen molar-refractivity contribution in [3.05, 3.63) is 44.4 Å². The van der Waals surface area contributed by atoms with Crippen LogP contribution in [0.4, 0.5) is 0 Å². The van der Waals surface area contributed by atoms with Crippen molar-refractivity contribution >= 4 is 66.8 Å². The zero-order valence-corrected chi connectivity index (χ0v) is 16.7. The van der Waals surface area contributed by atoms with E-state index in [4.69, 9.17) is 0 Å². The molecule has 0 bridgehead atoms. The molecule has 5 rings (SSSR count). The molecule has 4 nitrogen and oxygen atoms in total. The van der Waals surface area contributed by atoms with Crippen LogP contribution in [0.5, 0.6) is 0 Å². The van der Waals surface area contributed by atoms with Gasteiger partial charge >= 0.3 is 0 Å². The average molecular weight is 395 g/mol. The van der Waals surface area contributed by atoms with Gasteiger partial charge in [-0.1, -0.05) is 0 Å². The van der Waals surface area contributed by atoms with Crippen molar-refractivity contribution in [1.82, 2.24) is 9.97 Å². The van der Waals surface area contributed by atoms with Gasteiger partial charge in [-0.2, -0.15) is 0 Å². The van der Waals surface area contributed by atoms with Gasteiger partial charge in [0.1, 0.15) is 0 Å². The summed E-state index contributed by atoms with van der Waals surface area (Å²) in [7, 11) is 0. The van der Waals surface area contributed by atoms with Gasteiger partial charge in [0.2, 0.25) is 0 Å². The SMILES string of the molecule is Cc1sc2cc(C=O)[nH]c2c1C1=C(c2c(C)sc3cc(C=O)[nH]c23)CCC1. The molecule has 1 aliphatic carbocycles. The molecule has 0 unspecified atom stereocenters. The van der Waals surface area contributed by atoms with Crippen molar-refractivity contribution < 1.29 is 9.59 Å². The van der Waals surface area contributed by atoms with Crippen LogP contribution in [-0.2, 0) is 0 Å². The molecule has 0 radical (unpaired) electrons. The maximum atomic E-state index is 11.2. The molecule has 0 amide bonds. The Morgan fingerprint density at radius 2 is 1.26 bits per heavy atom. The van der Waals surface area contributed by atoms with Gasteiger partial charge in [0.25, 0.3) is 0 Å². The van der Waals surface area contributed by atoms with E-state index in [1.54, 1.807) is 22.7 Å². The zero-order valence-electron chi connectivity index (χ0n) is 15.1. The van der Waals surface area contributed by atoms with Crippen LogP contribution in [0.25, 0.3) is 31.6 Å². The quantitative estimate of drug-likeness (QED) is 0.410. The van der Waals surface area contributed by atoms with E-state index in [0.29, 0.717) is 11.4 Å². The number of allylic oxidation sites excluding steroid dienone is 2. The number of aromatic amines is 2. The first kappa shape index (κ1) is 16.7. The highest BCUT2D eigenvalue weighted by atomic mass is 32.1. The van der Waals surface area contributed by atoms with Gasteiger partial charge in [0, 0.05) is 20.9 Å². The number of fused-ring (bicyclic) bond motifs is 2. The average Bonchev–Trinajstić information content (AvgIpc) is 3.41. The second-order valence-electron chi connectivity index (χ2n) is 7.04. The monoisotopic (exact) mass is 394 g/mol. The van der Waals surface area contributed by atoms with Crippen molar-refractivity contribution in [3.63, 3.8) is 0 Å². The number of hydrogen-bond acceptors (Lipinski definition) is 4. The van der Waals surface area contributed by atoms with Crippen molar-refractivity contribution in [3.8, 4) is 0 Å². The number of rotatable bonds is 4. The van der Waals surface area contributed by atoms with Crippen LogP contribution >= 0.6 is 22.7 Å². The molecule has 0 fully saturated rings. The number of thiophene rings is 2. The van der Waals surface area contributed by atoms with E-state index >= 15 is 0 Å². The topological polar surface area (TPSA) is 65.7 Å². The Morgan fingerprint density at radius 3 is 1.67 bits per heavy atom. The first-order valence-corrected chi connectivity index (χ1v) is 10.6. The summed E-state index contributed by atoms with van der Waals surface area (Å²) in [6.07, 6.45) is 4.95. The largest absolute Gasteiger partial charge is 0.351 e. The lowest BCUT2D eigenvalue weighted by atomic mass is 9.96. The van der Waals surface area contributed by atoms with Gasteiger partial charge in [-0.05, 0) is 56.4 Å². The number of aldehydes is 2. The summed E-state index contributed by atoms with van der Waals surface area (Å²) in [4.78, 5) is 31.6. The zero-order chi connectivity index (χ0) is 18.7. The highest BCUT2D eigenvalue weighted by Gasteiger charge is 2.26. The molecule has 0 aliphatic heterocycles. The molecule has 4 aromatic heterocycles. The maximum Gasteiger partial charge on any atom is 0.166 e. The predicted octanol–water partition coefficient (Wildman–Crippen LogP) is 6.11. The first-order valence-electron chi connectivity index (χ1n) is 8.98. The molecule has 136 valence electrons. The molecule has 0 spiro atoms. The van der Waals surface area contributed by atoms with E-state index in [1.807, 2.05) is 12.1 Å². The Kier molecular flexibility index (Phi) is 3.74. The van der Waals surface area contributed by atoms with Crippen LogP contribution in [0.15, 0.2) is 12.1 Å². The van der Waals surface area contributed by atoms with Crippen LogP contribution in [0.1, 0.15) is 61.1 Å². The summed E-state index contributed by atoms with van der Waals surface area (Å²) < 4.78 is 2.28. The number of nitrogens with one attached hydrogen (secondary N) is 2. The number of carbonyl (C=O) groups excluding carboxylic acids is 2. The molecule has 4 aromatic rings. The summed E-state index contributed by atoms with van der Waals surface area (Å²) >= 11 is 3.48. The van der Waals surface area contributed by atoms with Crippen molar-refractivity contribution in [2.45, 2.75) is 33.1 Å². The van der Waals surface area contributed by atoms with Gasteiger partial charge in [0.15, 0.2) is 12.6 Å². The van der Waals surface area contributed by atoms with Gasteiger partial charge in [-0.15, -0.1) is 22.7 Å². The fourth-order valence-corrected chi connectivity index (χ4v) is 6.57. The van der Waals surface area contributed by atoms with Crippen LogP contribution in [-0.4, -0.2) is 22.5 Å². The van der Waals surface area contributed by atoms with Gasteiger partial charge in [-0.25, -0.2) is 0 Å². The molecule has 6 heteroatoms. The normalized spacial score (nSPS) is 14.7. The van der Waals surface area contributed by atoms with Crippen molar-refractivity contribution in [1.29, 1.82) is 0 Å². The number of carbonyl (C=O) groups is 2. The number of aromatic nitrogens is 2. The van der Waals surface area contributed by atoms with Gasteiger partial charge < -0.3 is 9.97 Å². The Hall–Kier alpha value is -2.44. The van der Waals surface area contributed by atoms with Gasteiger partial charge in [0.05, 0.1) is 31.8 Å². The molecular weight excluding hydrogens is 376 g/mol. The lowest BCUT2D eigenvalue weighted by molar-refractivity contribution is 0.111. The second kappa shape index (κ2) is 6.04. The minimum atomic E-state index is 0.631. The van der Waals surface area contributed by atoms with Crippen LogP contribution < -0.4 is 0 Å². The molecule has 0 saturated heterocycles. The molecule has 27 heavy (non-hydrogen) atoms. The Balaban J connectivity index is 1.78. The third kappa shape index (κ3) is 2.40. The van der Waals surface area contributed by atoms with Gasteiger partial charge in [-0.3, -0.25) is 9.59 Å². The summed E-state index contributed by atoms with van der Waals surface area (Å²) in [5.41, 5.74) is 8.70. The molecule has 0 atom stereocenters. The summed E-state index contributed by atoms with van der Waals surface area (Å²) in [5, 5.41) is 0. The Labute approximate surface area is 163 Å². The fraction of sp³-hybridized carbons (Fsp3) is 0.238. The minimum Gasteiger partial charge on any atom is -0.351 e. The smallest absolute Gasteiger partial charge is 0.166 e. The highest BCUT2D eigenvalue weighted by Crippen LogP contribution is 2.48. The van der Waals surface area contributed by atoms with E-state index in [2.05, 4.69) is 23.8 Å². The molecule has 2 N–H and O–H groups in total. The summed E-state index contributed by atoms with van der Waals surface area (Å²) in [6, 6.07) is 3.88. The van der Waals surface area contributed by atoms with E-state index in [-0.39, 0.29) is 0 Å². The van der Waals surface area contributed by atoms with Crippen molar-refractivity contribution in [2.24, 2.45) is 0 Å². The number of aryl methyl sites for hydroxylation is 2. The third-order valence-corrected chi connectivity index (χ3v) is 7.51. The standard InChI is InChI=1S/C21H18N2O2S2/c1-10-18(20-16(26-10)6-12(8-24)22-20)14-4-3-5-15(14)19-11(2)27-17-7-13(9-25)23-21(17)19/h6-9,22-23H,3-5H2,1-2H3. The molecule has 4 heterocycles. The lowest BCUT2D eigenvalue weighted by Gasteiger charge is -2.09. The molecule has 1 aliphatic rings. The lowest BCUT2D eigenvalue weighted by Crippen LogP contribution is -1.90. The minimum absolute atomic E-state index is 0.631. The molecular formula is C21H18N2O2S2. The second-order valence-corrected chi connectivity index (χ2v) is 9.55. The van der Waals surface area contributed by atoms with Crippen molar-refractivity contribution in [2.75, 3.05) is 0 Å². The fourth-order valence-electron chi connectivity index (χ4n) is 4.38. The highest BCUT2D eigenvalue weighted by molar-refractivity contribution is 7.19. The van der Waals surface area contributed by atoms with E-state index in [9.17, 15) is 9.59 Å².